The average Bonchev–Trinajstić information content (AvgIpc) is 2.68. The van der Waals surface area contributed by atoms with E-state index >= 15 is 0 Å². The molecule has 5 heteroatoms. The first kappa shape index (κ1) is 18.9. The molecule has 0 aliphatic heterocycles. The van der Waals surface area contributed by atoms with Crippen molar-refractivity contribution in [2.24, 2.45) is 0 Å². The van der Waals surface area contributed by atoms with Crippen LogP contribution in [0.3, 0.4) is 0 Å². The van der Waals surface area contributed by atoms with Gasteiger partial charge in [0.25, 0.3) is 5.91 Å². The van der Waals surface area contributed by atoms with Crippen molar-refractivity contribution in [3.8, 4) is 0 Å². The van der Waals surface area contributed by atoms with Gasteiger partial charge in [-0.3, -0.25) is 9.78 Å². The lowest BCUT2D eigenvalue weighted by Gasteiger charge is -2.09. The van der Waals surface area contributed by atoms with Crippen molar-refractivity contribution in [1.29, 1.82) is 0 Å². The summed E-state index contributed by atoms with van der Waals surface area (Å²) in [6.45, 7) is 3.29. The van der Waals surface area contributed by atoms with Gasteiger partial charge in [-0.05, 0) is 48.7 Å². The van der Waals surface area contributed by atoms with E-state index in [0.29, 0.717) is 23.8 Å². The minimum atomic E-state index is -0.184. The highest BCUT2D eigenvalue weighted by Crippen LogP contribution is 2.12. The smallest absolute Gasteiger partial charge is 0.269 e. The maximum Gasteiger partial charge on any atom is 0.269 e. The molecule has 1 aromatic heterocycles. The number of carbonyl (C=O) groups excluding carboxylic acids is 1. The molecule has 3 aromatic rings. The molecule has 0 aliphatic rings. The minimum absolute atomic E-state index is 0.184. The number of halogens is 1. The summed E-state index contributed by atoms with van der Waals surface area (Å²) in [6.07, 6.45) is 2.36. The van der Waals surface area contributed by atoms with Gasteiger partial charge in [-0.25, -0.2) is 0 Å². The number of nitrogens with zero attached hydrogens (tertiary/aromatic N) is 1. The van der Waals surface area contributed by atoms with Gasteiger partial charge < -0.3 is 10.6 Å². The molecular weight excluding hydrogens is 358 g/mol. The highest BCUT2D eigenvalue weighted by Gasteiger charge is 2.07. The van der Waals surface area contributed by atoms with Crippen LogP contribution in [-0.4, -0.2) is 17.4 Å². The predicted octanol–water partition coefficient (Wildman–Crippen LogP) is 4.63. The molecule has 0 fully saturated rings. The average molecular weight is 380 g/mol. The Morgan fingerprint density at radius 2 is 1.85 bits per heavy atom. The van der Waals surface area contributed by atoms with E-state index in [9.17, 15) is 4.79 Å². The zero-order valence-electron chi connectivity index (χ0n) is 15.2. The molecule has 0 bridgehead atoms. The molecule has 0 radical (unpaired) electrons. The first-order chi connectivity index (χ1) is 13.1. The summed E-state index contributed by atoms with van der Waals surface area (Å²) in [5.41, 5.74) is 4.77. The summed E-state index contributed by atoms with van der Waals surface area (Å²) in [6, 6.07) is 19.6. The molecule has 0 spiro atoms. The van der Waals surface area contributed by atoms with Gasteiger partial charge in [-0.2, -0.15) is 0 Å². The molecule has 0 aliphatic carbocycles. The van der Waals surface area contributed by atoms with Crippen molar-refractivity contribution in [2.45, 2.75) is 19.9 Å². The SMILES string of the molecule is Cc1ccc(CNc2ccnc(C(=O)NCCc3cccc(Cl)c3)c2)cc1. The second-order valence-electron chi connectivity index (χ2n) is 6.40. The first-order valence-electron chi connectivity index (χ1n) is 8.88. The number of hydrogen-bond acceptors (Lipinski definition) is 3. The number of hydrogen-bond donors (Lipinski definition) is 2. The highest BCUT2D eigenvalue weighted by molar-refractivity contribution is 6.30. The third-order valence-corrected chi connectivity index (χ3v) is 4.43. The molecule has 0 saturated heterocycles. The Balaban J connectivity index is 1.52. The summed E-state index contributed by atoms with van der Waals surface area (Å²) in [4.78, 5) is 16.5. The van der Waals surface area contributed by atoms with Crippen LogP contribution in [0.5, 0.6) is 0 Å². The Bertz CT molecular complexity index is 909. The van der Waals surface area contributed by atoms with Crippen LogP contribution >= 0.6 is 11.6 Å². The van der Waals surface area contributed by atoms with Gasteiger partial charge in [0.2, 0.25) is 0 Å². The lowest BCUT2D eigenvalue weighted by atomic mass is 10.1. The number of rotatable bonds is 7. The summed E-state index contributed by atoms with van der Waals surface area (Å²) in [7, 11) is 0. The second-order valence-corrected chi connectivity index (χ2v) is 6.84. The molecule has 0 atom stereocenters. The highest BCUT2D eigenvalue weighted by atomic mass is 35.5. The fraction of sp³-hybridized carbons (Fsp3) is 0.182. The zero-order chi connectivity index (χ0) is 19.1. The summed E-state index contributed by atoms with van der Waals surface area (Å²) in [5.74, 6) is -0.184. The Morgan fingerprint density at radius 3 is 2.63 bits per heavy atom. The van der Waals surface area contributed by atoms with Crippen molar-refractivity contribution in [1.82, 2.24) is 10.3 Å². The van der Waals surface area contributed by atoms with Crippen LogP contribution in [0.1, 0.15) is 27.2 Å². The quantitative estimate of drug-likeness (QED) is 0.629. The molecule has 0 saturated carbocycles. The van der Waals surface area contributed by atoms with E-state index in [1.165, 1.54) is 11.1 Å². The van der Waals surface area contributed by atoms with E-state index in [-0.39, 0.29) is 5.91 Å². The van der Waals surface area contributed by atoms with Gasteiger partial charge in [-0.15, -0.1) is 0 Å². The monoisotopic (exact) mass is 379 g/mol. The maximum absolute atomic E-state index is 12.3. The summed E-state index contributed by atoms with van der Waals surface area (Å²) < 4.78 is 0. The van der Waals surface area contributed by atoms with E-state index < -0.39 is 0 Å². The zero-order valence-corrected chi connectivity index (χ0v) is 16.0. The Morgan fingerprint density at radius 1 is 1.04 bits per heavy atom. The molecule has 4 nitrogen and oxygen atoms in total. The van der Waals surface area contributed by atoms with Crippen LogP contribution in [0.25, 0.3) is 0 Å². The van der Waals surface area contributed by atoms with Gasteiger partial charge in [0.1, 0.15) is 5.69 Å². The number of aryl methyl sites for hydroxylation is 1. The van der Waals surface area contributed by atoms with Gasteiger partial charge in [0, 0.05) is 30.0 Å². The first-order valence-corrected chi connectivity index (χ1v) is 9.26. The number of aromatic nitrogens is 1. The fourth-order valence-electron chi connectivity index (χ4n) is 2.68. The largest absolute Gasteiger partial charge is 0.381 e. The summed E-state index contributed by atoms with van der Waals surface area (Å²) >= 11 is 5.98. The topological polar surface area (TPSA) is 54.0 Å². The minimum Gasteiger partial charge on any atom is -0.381 e. The Hall–Kier alpha value is -2.85. The van der Waals surface area contributed by atoms with E-state index in [1.807, 2.05) is 30.3 Å². The molecule has 2 aromatic carbocycles. The Labute approximate surface area is 164 Å². The van der Waals surface area contributed by atoms with E-state index in [1.54, 1.807) is 12.3 Å². The standard InChI is InChI=1S/C22H22ClN3O/c1-16-5-7-18(8-6-16)15-26-20-10-12-24-21(14-20)22(27)25-11-9-17-3-2-4-19(23)13-17/h2-8,10,12-14H,9,11,15H2,1H3,(H,24,26)(H,25,27). The number of anilines is 1. The van der Waals surface area contributed by atoms with Crippen molar-refractivity contribution >= 4 is 23.2 Å². The molecule has 1 amide bonds. The molecule has 0 unspecified atom stereocenters. The number of carbonyl (C=O) groups is 1. The van der Waals surface area contributed by atoms with Crippen molar-refractivity contribution in [3.63, 3.8) is 0 Å². The third-order valence-electron chi connectivity index (χ3n) is 4.20. The number of nitrogens with one attached hydrogen (secondary N) is 2. The molecular formula is C22H22ClN3O. The van der Waals surface area contributed by atoms with Crippen molar-refractivity contribution in [3.05, 3.63) is 94.3 Å². The molecule has 1 heterocycles. The lowest BCUT2D eigenvalue weighted by molar-refractivity contribution is 0.0949. The van der Waals surface area contributed by atoms with Gasteiger partial charge in [-0.1, -0.05) is 53.6 Å². The number of benzene rings is 2. The lowest BCUT2D eigenvalue weighted by Crippen LogP contribution is -2.26. The van der Waals surface area contributed by atoms with Crippen molar-refractivity contribution in [2.75, 3.05) is 11.9 Å². The van der Waals surface area contributed by atoms with Crippen LogP contribution in [-0.2, 0) is 13.0 Å². The number of amides is 1. The van der Waals surface area contributed by atoms with Crippen LogP contribution in [0.2, 0.25) is 5.02 Å². The second kappa shape index (κ2) is 9.19. The van der Waals surface area contributed by atoms with E-state index in [4.69, 9.17) is 11.6 Å². The Kier molecular flexibility index (Phi) is 6.44. The number of pyridine rings is 1. The van der Waals surface area contributed by atoms with Crippen LogP contribution in [0, 0.1) is 6.92 Å². The molecule has 2 N–H and O–H groups in total. The fourth-order valence-corrected chi connectivity index (χ4v) is 2.89. The van der Waals surface area contributed by atoms with Gasteiger partial charge in [0.15, 0.2) is 0 Å². The van der Waals surface area contributed by atoms with Gasteiger partial charge >= 0.3 is 0 Å². The van der Waals surface area contributed by atoms with Crippen LogP contribution in [0.4, 0.5) is 5.69 Å². The molecule has 27 heavy (non-hydrogen) atoms. The van der Waals surface area contributed by atoms with Crippen LogP contribution < -0.4 is 10.6 Å². The predicted molar refractivity (Wildman–Crippen MR) is 110 cm³/mol. The van der Waals surface area contributed by atoms with E-state index in [0.717, 1.165) is 17.7 Å². The summed E-state index contributed by atoms with van der Waals surface area (Å²) in [5, 5.41) is 6.93. The van der Waals surface area contributed by atoms with Crippen molar-refractivity contribution < 1.29 is 4.79 Å². The third kappa shape index (κ3) is 5.83. The molecule has 3 rings (SSSR count). The molecule has 138 valence electrons. The maximum atomic E-state index is 12.3. The van der Waals surface area contributed by atoms with Gasteiger partial charge in [0.05, 0.1) is 0 Å². The van der Waals surface area contributed by atoms with E-state index in [2.05, 4.69) is 46.8 Å². The normalized spacial score (nSPS) is 10.4. The van der Waals surface area contributed by atoms with Crippen LogP contribution in [0.15, 0.2) is 66.9 Å².